The predicted octanol–water partition coefficient (Wildman–Crippen LogP) is 3.59. The smallest absolute Gasteiger partial charge is 0.300 e. The average molecular weight is 477 g/mol. The van der Waals surface area contributed by atoms with Crippen LogP contribution >= 0.6 is 27.7 Å². The number of fused-ring (bicyclic) bond motifs is 3. The first kappa shape index (κ1) is 20.4. The Morgan fingerprint density at radius 1 is 1.37 bits per heavy atom. The van der Waals surface area contributed by atoms with Crippen molar-refractivity contribution in [1.29, 1.82) is 0 Å². The fraction of sp³-hybridized carbons (Fsp3) is 0.353. The van der Waals surface area contributed by atoms with Crippen LogP contribution in [0.25, 0.3) is 11.3 Å². The second-order valence-electron chi connectivity index (χ2n) is 6.34. The summed E-state index contributed by atoms with van der Waals surface area (Å²) in [6.45, 7) is 3.27. The number of rotatable bonds is 5. The summed E-state index contributed by atoms with van der Waals surface area (Å²) in [5.74, 6) is -1.14. The zero-order valence-electron chi connectivity index (χ0n) is 14.4. The van der Waals surface area contributed by atoms with E-state index in [9.17, 15) is 18.3 Å². The van der Waals surface area contributed by atoms with Gasteiger partial charge in [-0.3, -0.25) is 9.35 Å². The summed E-state index contributed by atoms with van der Waals surface area (Å²) in [5, 5.41) is 9.41. The number of benzene rings is 1. The van der Waals surface area contributed by atoms with Gasteiger partial charge in [0, 0.05) is 20.2 Å². The third kappa shape index (κ3) is 3.95. The van der Waals surface area contributed by atoms with Crippen molar-refractivity contribution in [3.05, 3.63) is 44.0 Å². The lowest BCUT2D eigenvalue weighted by Crippen LogP contribution is -2.24. The van der Waals surface area contributed by atoms with Gasteiger partial charge in [-0.1, -0.05) is 26.0 Å². The molecule has 2 aromatic rings. The molecule has 2 heterocycles. The van der Waals surface area contributed by atoms with Crippen molar-refractivity contribution in [3.63, 3.8) is 0 Å². The van der Waals surface area contributed by atoms with Crippen molar-refractivity contribution >= 4 is 37.8 Å². The maximum Gasteiger partial charge on any atom is 0.300 e. The normalized spacial score (nSPS) is 16.1. The lowest BCUT2D eigenvalue weighted by Gasteiger charge is -2.29. The van der Waals surface area contributed by atoms with Crippen molar-refractivity contribution in [2.75, 3.05) is 5.94 Å². The fourth-order valence-corrected chi connectivity index (χ4v) is 5.10. The van der Waals surface area contributed by atoms with Gasteiger partial charge in [0.2, 0.25) is 5.94 Å². The summed E-state index contributed by atoms with van der Waals surface area (Å²) in [6.07, 6.45) is 0. The summed E-state index contributed by atoms with van der Waals surface area (Å²) in [7, 11) is -4.45. The second kappa shape index (κ2) is 7.59. The maximum atomic E-state index is 13.1. The largest absolute Gasteiger partial charge is 0.446 e. The van der Waals surface area contributed by atoms with Crippen LogP contribution in [-0.4, -0.2) is 24.0 Å². The Morgan fingerprint density at radius 3 is 2.67 bits per heavy atom. The summed E-state index contributed by atoms with van der Waals surface area (Å²) in [5.41, 5.74) is 0.437. The maximum absolute atomic E-state index is 13.1. The van der Waals surface area contributed by atoms with Crippen LogP contribution in [0.5, 0.6) is 5.95 Å². The first-order valence-corrected chi connectivity index (χ1v) is 11.3. The third-order valence-electron chi connectivity index (χ3n) is 4.05. The Balaban J connectivity index is 2.28. The molecule has 0 saturated heterocycles. The van der Waals surface area contributed by atoms with E-state index in [2.05, 4.69) is 15.9 Å². The van der Waals surface area contributed by atoms with Gasteiger partial charge in [0.25, 0.3) is 5.95 Å². The molecule has 0 bridgehead atoms. The van der Waals surface area contributed by atoms with Crippen molar-refractivity contribution < 1.29 is 27.2 Å². The topological polar surface area (TPSA) is 114 Å². The molecule has 0 amide bonds. The SMILES string of the molecule is CC(C)C1Sc2c(Br)cccc2-c2oc(OCS(=O)(=O)O)c(CO)c(=O)c21. The van der Waals surface area contributed by atoms with Crippen LogP contribution in [0, 0.1) is 5.92 Å². The lowest BCUT2D eigenvalue weighted by molar-refractivity contribution is 0.233. The standard InChI is InChI=1S/C17H17BrO7S2/c1-8(2)15-12-13(20)10(6-19)17(24-7-27(21,22)23)25-14(12)9-4-3-5-11(18)16(9)26-15/h3-5,8,15,19H,6-7H2,1-2H3,(H,21,22,23). The van der Waals surface area contributed by atoms with Crippen LogP contribution in [-0.2, 0) is 16.7 Å². The predicted molar refractivity (Wildman–Crippen MR) is 105 cm³/mol. The molecule has 1 aliphatic heterocycles. The Morgan fingerprint density at radius 2 is 2.07 bits per heavy atom. The van der Waals surface area contributed by atoms with Gasteiger partial charge in [0.15, 0.2) is 5.43 Å². The fourth-order valence-electron chi connectivity index (χ4n) is 2.87. The van der Waals surface area contributed by atoms with Crippen molar-refractivity contribution in [1.82, 2.24) is 0 Å². The Labute approximate surface area is 168 Å². The van der Waals surface area contributed by atoms with Crippen LogP contribution < -0.4 is 10.2 Å². The highest BCUT2D eigenvalue weighted by Gasteiger charge is 2.35. The number of aliphatic hydroxyl groups is 1. The van der Waals surface area contributed by atoms with Gasteiger partial charge in [-0.15, -0.1) is 11.8 Å². The summed E-state index contributed by atoms with van der Waals surface area (Å²) in [6, 6.07) is 5.46. The van der Waals surface area contributed by atoms with E-state index >= 15 is 0 Å². The van der Waals surface area contributed by atoms with Crippen LogP contribution in [0.2, 0.25) is 0 Å². The monoisotopic (exact) mass is 476 g/mol. The highest BCUT2D eigenvalue weighted by atomic mass is 79.9. The van der Waals surface area contributed by atoms with Gasteiger partial charge in [0.05, 0.1) is 12.2 Å². The van der Waals surface area contributed by atoms with Gasteiger partial charge in [-0.25, -0.2) is 0 Å². The molecule has 3 rings (SSSR count). The first-order valence-electron chi connectivity index (χ1n) is 7.98. The highest BCUT2D eigenvalue weighted by Crippen LogP contribution is 2.53. The zero-order valence-corrected chi connectivity index (χ0v) is 17.7. The van der Waals surface area contributed by atoms with E-state index in [-0.39, 0.29) is 22.5 Å². The van der Waals surface area contributed by atoms with Crippen LogP contribution in [0.15, 0.2) is 36.8 Å². The van der Waals surface area contributed by atoms with Crippen molar-refractivity contribution in [2.45, 2.75) is 30.6 Å². The van der Waals surface area contributed by atoms with E-state index in [0.717, 1.165) is 9.37 Å². The molecule has 1 atom stereocenters. The quantitative estimate of drug-likeness (QED) is 0.629. The van der Waals surface area contributed by atoms with Gasteiger partial charge in [-0.2, -0.15) is 8.42 Å². The van der Waals surface area contributed by atoms with Crippen LogP contribution in [0.1, 0.15) is 30.2 Å². The molecule has 7 nitrogen and oxygen atoms in total. The van der Waals surface area contributed by atoms with E-state index in [0.29, 0.717) is 11.1 Å². The molecular formula is C17H17BrO7S2. The van der Waals surface area contributed by atoms with E-state index in [4.69, 9.17) is 13.7 Å². The molecular weight excluding hydrogens is 460 g/mol. The Hall–Kier alpha value is -1.33. The summed E-state index contributed by atoms with van der Waals surface area (Å²) >= 11 is 5.03. The molecule has 10 heteroatoms. The number of halogens is 1. The molecule has 1 aromatic heterocycles. The average Bonchev–Trinajstić information content (AvgIpc) is 2.59. The van der Waals surface area contributed by atoms with E-state index in [1.165, 1.54) is 11.8 Å². The van der Waals surface area contributed by atoms with Gasteiger partial charge in [-0.05, 0) is 27.9 Å². The van der Waals surface area contributed by atoms with E-state index < -0.39 is 34.0 Å². The summed E-state index contributed by atoms with van der Waals surface area (Å²) < 4.78 is 42.5. The highest BCUT2D eigenvalue weighted by molar-refractivity contribution is 9.10. The van der Waals surface area contributed by atoms with Crippen molar-refractivity contribution in [3.8, 4) is 17.3 Å². The molecule has 0 saturated carbocycles. The zero-order chi connectivity index (χ0) is 19.9. The minimum Gasteiger partial charge on any atom is -0.446 e. The molecule has 1 aromatic carbocycles. The lowest BCUT2D eigenvalue weighted by atomic mass is 9.95. The Bertz CT molecular complexity index is 1040. The molecule has 27 heavy (non-hydrogen) atoms. The Kier molecular flexibility index (Phi) is 5.74. The number of aliphatic hydroxyl groups excluding tert-OH is 1. The number of ether oxygens (including phenoxy) is 1. The van der Waals surface area contributed by atoms with Gasteiger partial charge in [0.1, 0.15) is 11.3 Å². The molecule has 0 fully saturated rings. The summed E-state index contributed by atoms with van der Waals surface area (Å²) in [4.78, 5) is 14.0. The van der Waals surface area contributed by atoms with Crippen LogP contribution in [0.3, 0.4) is 0 Å². The van der Waals surface area contributed by atoms with Gasteiger partial charge >= 0.3 is 10.1 Å². The molecule has 146 valence electrons. The first-order chi connectivity index (χ1) is 12.6. The van der Waals surface area contributed by atoms with E-state index in [1.54, 1.807) is 12.1 Å². The number of hydrogen-bond acceptors (Lipinski definition) is 7. The van der Waals surface area contributed by atoms with E-state index in [1.807, 2.05) is 19.9 Å². The molecule has 2 N–H and O–H groups in total. The number of hydrogen-bond donors (Lipinski definition) is 2. The van der Waals surface area contributed by atoms with Crippen LogP contribution in [0.4, 0.5) is 0 Å². The minimum absolute atomic E-state index is 0.0908. The minimum atomic E-state index is -4.45. The van der Waals surface area contributed by atoms with Crippen molar-refractivity contribution in [2.24, 2.45) is 5.92 Å². The third-order valence-corrected chi connectivity index (χ3v) is 7.10. The second-order valence-corrected chi connectivity index (χ2v) is 9.75. The molecule has 1 aliphatic rings. The number of thioether (sulfide) groups is 1. The molecule has 0 aliphatic carbocycles. The molecule has 0 spiro atoms. The molecule has 0 radical (unpaired) electrons. The molecule has 1 unspecified atom stereocenters. The van der Waals surface area contributed by atoms with Gasteiger partial charge < -0.3 is 14.3 Å².